The second-order valence-electron chi connectivity index (χ2n) is 5.99. The van der Waals surface area contributed by atoms with Crippen LogP contribution in [0.1, 0.15) is 52.4 Å². The maximum absolute atomic E-state index is 3.83. The Morgan fingerprint density at radius 3 is 2.44 bits per heavy atom. The van der Waals surface area contributed by atoms with Crippen molar-refractivity contribution < 1.29 is 0 Å². The van der Waals surface area contributed by atoms with Crippen LogP contribution in [0.3, 0.4) is 0 Å². The molecule has 1 N–H and O–H groups in total. The smallest absolute Gasteiger partial charge is 0.0216 e. The van der Waals surface area contributed by atoms with E-state index >= 15 is 0 Å². The van der Waals surface area contributed by atoms with Crippen molar-refractivity contribution in [3.8, 4) is 0 Å². The minimum absolute atomic E-state index is 0.445. The van der Waals surface area contributed by atoms with Crippen molar-refractivity contribution in [2.75, 3.05) is 26.2 Å². The average Bonchev–Trinajstić information content (AvgIpc) is 2.80. The lowest BCUT2D eigenvalue weighted by atomic mass is 9.77. The Morgan fingerprint density at radius 2 is 1.88 bits per heavy atom. The van der Waals surface area contributed by atoms with Gasteiger partial charge in [-0.15, -0.1) is 0 Å². The molecule has 2 nitrogen and oxygen atoms in total. The van der Waals surface area contributed by atoms with Crippen molar-refractivity contribution in [3.63, 3.8) is 0 Å². The van der Waals surface area contributed by atoms with Crippen LogP contribution in [0.5, 0.6) is 0 Å². The zero-order valence-corrected chi connectivity index (χ0v) is 11.1. The SMILES string of the molecule is CC(C)C1(CCN2CCCC2)CCCCN1. The minimum atomic E-state index is 0.445. The van der Waals surface area contributed by atoms with Gasteiger partial charge in [-0.1, -0.05) is 20.3 Å². The van der Waals surface area contributed by atoms with Gasteiger partial charge in [0.05, 0.1) is 0 Å². The summed E-state index contributed by atoms with van der Waals surface area (Å²) in [6.07, 6.45) is 8.37. The molecular formula is C14H28N2. The normalized spacial score (nSPS) is 32.4. The van der Waals surface area contributed by atoms with Crippen molar-refractivity contribution in [1.29, 1.82) is 0 Å². The van der Waals surface area contributed by atoms with E-state index in [-0.39, 0.29) is 0 Å². The van der Waals surface area contributed by atoms with Gasteiger partial charge in [-0.2, -0.15) is 0 Å². The largest absolute Gasteiger partial charge is 0.311 e. The monoisotopic (exact) mass is 224 g/mol. The molecule has 2 aliphatic heterocycles. The first-order valence-electron chi connectivity index (χ1n) is 7.20. The van der Waals surface area contributed by atoms with Crippen LogP contribution in [0.2, 0.25) is 0 Å². The molecule has 1 unspecified atom stereocenters. The molecule has 2 heterocycles. The van der Waals surface area contributed by atoms with Gasteiger partial charge >= 0.3 is 0 Å². The van der Waals surface area contributed by atoms with E-state index in [1.54, 1.807) is 0 Å². The van der Waals surface area contributed by atoms with Gasteiger partial charge in [0, 0.05) is 5.54 Å². The summed E-state index contributed by atoms with van der Waals surface area (Å²) in [5, 5.41) is 3.83. The van der Waals surface area contributed by atoms with Crippen LogP contribution < -0.4 is 5.32 Å². The Kier molecular flexibility index (Phi) is 4.26. The molecule has 0 saturated carbocycles. The summed E-state index contributed by atoms with van der Waals surface area (Å²) >= 11 is 0. The van der Waals surface area contributed by atoms with Crippen LogP contribution in [-0.4, -0.2) is 36.6 Å². The Labute approximate surface area is 101 Å². The molecule has 94 valence electrons. The van der Waals surface area contributed by atoms with Crippen molar-refractivity contribution in [3.05, 3.63) is 0 Å². The molecule has 0 spiro atoms. The van der Waals surface area contributed by atoms with E-state index in [0.717, 1.165) is 5.92 Å². The lowest BCUT2D eigenvalue weighted by molar-refractivity contribution is 0.149. The summed E-state index contributed by atoms with van der Waals surface area (Å²) in [5.41, 5.74) is 0.445. The summed E-state index contributed by atoms with van der Waals surface area (Å²) < 4.78 is 0. The predicted molar refractivity (Wildman–Crippen MR) is 69.7 cm³/mol. The highest BCUT2D eigenvalue weighted by Gasteiger charge is 2.34. The number of nitrogens with one attached hydrogen (secondary N) is 1. The molecule has 1 atom stereocenters. The maximum Gasteiger partial charge on any atom is 0.0216 e. The molecule has 0 aromatic rings. The number of hydrogen-bond acceptors (Lipinski definition) is 2. The predicted octanol–water partition coefficient (Wildman–Crippen LogP) is 2.64. The standard InChI is InChI=1S/C14H28N2/c1-13(2)14(7-3-4-9-15-14)8-12-16-10-5-6-11-16/h13,15H,3-12H2,1-2H3. The Balaban J connectivity index is 1.86. The Hall–Kier alpha value is -0.0800. The van der Waals surface area contributed by atoms with Crippen molar-refractivity contribution >= 4 is 0 Å². The fraction of sp³-hybridized carbons (Fsp3) is 1.00. The lowest BCUT2D eigenvalue weighted by Gasteiger charge is -2.43. The van der Waals surface area contributed by atoms with Crippen LogP contribution >= 0.6 is 0 Å². The topological polar surface area (TPSA) is 15.3 Å². The molecule has 2 rings (SSSR count). The van der Waals surface area contributed by atoms with Crippen LogP contribution in [-0.2, 0) is 0 Å². The van der Waals surface area contributed by atoms with Crippen LogP contribution in [0.25, 0.3) is 0 Å². The Morgan fingerprint density at radius 1 is 1.12 bits per heavy atom. The molecule has 0 aromatic heterocycles. The Bertz CT molecular complexity index is 201. The molecule has 2 heteroatoms. The second-order valence-corrected chi connectivity index (χ2v) is 5.99. The molecular weight excluding hydrogens is 196 g/mol. The summed E-state index contributed by atoms with van der Waals surface area (Å²) in [6, 6.07) is 0. The van der Waals surface area contributed by atoms with E-state index in [9.17, 15) is 0 Å². The van der Waals surface area contributed by atoms with Gasteiger partial charge in [0.1, 0.15) is 0 Å². The molecule has 2 saturated heterocycles. The van der Waals surface area contributed by atoms with Crippen molar-refractivity contribution in [2.24, 2.45) is 5.92 Å². The first-order valence-corrected chi connectivity index (χ1v) is 7.20. The quantitative estimate of drug-likeness (QED) is 0.790. The summed E-state index contributed by atoms with van der Waals surface area (Å²) in [4.78, 5) is 2.65. The average molecular weight is 224 g/mol. The highest BCUT2D eigenvalue weighted by Crippen LogP contribution is 2.31. The molecule has 0 radical (unpaired) electrons. The summed E-state index contributed by atoms with van der Waals surface area (Å²) in [5.74, 6) is 0.774. The van der Waals surface area contributed by atoms with Gasteiger partial charge in [0.2, 0.25) is 0 Å². The van der Waals surface area contributed by atoms with E-state index in [1.807, 2.05) is 0 Å². The maximum atomic E-state index is 3.83. The fourth-order valence-electron chi connectivity index (χ4n) is 3.35. The molecule has 2 fully saturated rings. The van der Waals surface area contributed by atoms with E-state index in [1.165, 1.54) is 64.7 Å². The van der Waals surface area contributed by atoms with E-state index in [2.05, 4.69) is 24.1 Å². The minimum Gasteiger partial charge on any atom is -0.311 e. The number of likely N-dealkylation sites (tertiary alicyclic amines) is 1. The molecule has 2 aliphatic rings. The fourth-order valence-corrected chi connectivity index (χ4v) is 3.35. The van der Waals surface area contributed by atoms with Crippen molar-refractivity contribution in [1.82, 2.24) is 10.2 Å². The van der Waals surface area contributed by atoms with Gasteiger partial charge in [0.25, 0.3) is 0 Å². The summed E-state index contributed by atoms with van der Waals surface area (Å²) in [6.45, 7) is 10.0. The number of rotatable bonds is 4. The third kappa shape index (κ3) is 2.78. The third-order valence-electron chi connectivity index (χ3n) is 4.70. The second kappa shape index (κ2) is 5.50. The lowest BCUT2D eigenvalue weighted by Crippen LogP contribution is -2.53. The van der Waals surface area contributed by atoms with Gasteiger partial charge in [-0.05, 0) is 64.2 Å². The first kappa shape index (κ1) is 12.4. The third-order valence-corrected chi connectivity index (χ3v) is 4.70. The first-order chi connectivity index (χ1) is 7.73. The number of nitrogens with zero attached hydrogens (tertiary/aromatic N) is 1. The van der Waals surface area contributed by atoms with Gasteiger partial charge in [0.15, 0.2) is 0 Å². The number of hydrogen-bond donors (Lipinski definition) is 1. The van der Waals surface area contributed by atoms with Crippen LogP contribution in [0, 0.1) is 5.92 Å². The molecule has 16 heavy (non-hydrogen) atoms. The highest BCUT2D eigenvalue weighted by molar-refractivity contribution is 4.94. The molecule has 0 aliphatic carbocycles. The van der Waals surface area contributed by atoms with Crippen LogP contribution in [0.15, 0.2) is 0 Å². The zero-order chi connectivity index (χ0) is 11.4. The molecule has 0 aromatic carbocycles. The van der Waals surface area contributed by atoms with Gasteiger partial charge in [-0.3, -0.25) is 0 Å². The zero-order valence-electron chi connectivity index (χ0n) is 11.1. The van der Waals surface area contributed by atoms with Gasteiger partial charge < -0.3 is 10.2 Å². The highest BCUT2D eigenvalue weighted by atomic mass is 15.1. The molecule has 0 bridgehead atoms. The van der Waals surface area contributed by atoms with Crippen LogP contribution in [0.4, 0.5) is 0 Å². The van der Waals surface area contributed by atoms with Gasteiger partial charge in [-0.25, -0.2) is 0 Å². The van der Waals surface area contributed by atoms with E-state index < -0.39 is 0 Å². The number of piperidine rings is 1. The van der Waals surface area contributed by atoms with E-state index in [4.69, 9.17) is 0 Å². The van der Waals surface area contributed by atoms with Crippen molar-refractivity contribution in [2.45, 2.75) is 57.9 Å². The summed E-state index contributed by atoms with van der Waals surface area (Å²) in [7, 11) is 0. The molecule has 0 amide bonds. The van der Waals surface area contributed by atoms with E-state index in [0.29, 0.717) is 5.54 Å².